The summed E-state index contributed by atoms with van der Waals surface area (Å²) in [6.07, 6.45) is 2.44. The topological polar surface area (TPSA) is 96.7 Å². The third kappa shape index (κ3) is 4.24. The molecular weight excluding hydrogens is 394 g/mol. The maximum atomic E-state index is 12.7. The van der Waals surface area contributed by atoms with Crippen LogP contribution in [0.2, 0.25) is 0 Å². The van der Waals surface area contributed by atoms with E-state index in [1.807, 2.05) is 0 Å². The number of nitrogens with one attached hydrogen (secondary N) is 1. The van der Waals surface area contributed by atoms with Crippen LogP contribution in [-0.2, 0) is 28.9 Å². The molecule has 0 spiro atoms. The largest absolute Gasteiger partial charge is 0.347 e. The second kappa shape index (κ2) is 8.29. The summed E-state index contributed by atoms with van der Waals surface area (Å²) >= 11 is 0. The van der Waals surface area contributed by atoms with E-state index in [0.29, 0.717) is 24.0 Å². The molecule has 1 N–H and O–H groups in total. The van der Waals surface area contributed by atoms with Crippen LogP contribution >= 0.6 is 0 Å². The van der Waals surface area contributed by atoms with Gasteiger partial charge in [-0.15, -0.1) is 0 Å². The highest BCUT2D eigenvalue weighted by Crippen LogP contribution is 2.20. The van der Waals surface area contributed by atoms with Crippen molar-refractivity contribution >= 4 is 27.0 Å². The second-order valence-electron chi connectivity index (χ2n) is 7.73. The Bertz CT molecular complexity index is 1070. The molecule has 0 bridgehead atoms. The Hall–Kier alpha value is -2.17. The van der Waals surface area contributed by atoms with Gasteiger partial charge >= 0.3 is 5.69 Å². The van der Waals surface area contributed by atoms with Crippen molar-refractivity contribution < 1.29 is 13.2 Å². The van der Waals surface area contributed by atoms with Crippen LogP contribution in [0.1, 0.15) is 19.3 Å². The molecule has 2 heterocycles. The maximum Gasteiger partial charge on any atom is 0.328 e. The van der Waals surface area contributed by atoms with Crippen molar-refractivity contribution in [3.63, 3.8) is 0 Å². The number of aryl methyl sites for hydroxylation is 2. The summed E-state index contributed by atoms with van der Waals surface area (Å²) < 4.78 is 30.9. The molecule has 1 aliphatic rings. The number of hydrogen-bond donors (Lipinski definition) is 1. The van der Waals surface area contributed by atoms with Crippen molar-refractivity contribution in [3.8, 4) is 0 Å². The summed E-state index contributed by atoms with van der Waals surface area (Å²) in [4.78, 5) is 28.1. The van der Waals surface area contributed by atoms with Gasteiger partial charge in [0.15, 0.2) is 0 Å². The highest BCUT2D eigenvalue weighted by atomic mass is 32.2. The third-order valence-corrected chi connectivity index (χ3v) is 7.02. The number of fused-ring (bicyclic) bond motifs is 1. The molecule has 160 valence electrons. The van der Waals surface area contributed by atoms with Gasteiger partial charge in [-0.2, -0.15) is 0 Å². The number of aromatic nitrogens is 2. The van der Waals surface area contributed by atoms with Crippen LogP contribution in [0.4, 0.5) is 0 Å². The van der Waals surface area contributed by atoms with Gasteiger partial charge in [0, 0.05) is 41.3 Å². The Labute approximate surface area is 170 Å². The molecule has 0 aliphatic carbocycles. The van der Waals surface area contributed by atoms with Crippen molar-refractivity contribution in [2.45, 2.75) is 30.2 Å². The number of carbonyl (C=O) groups is 1. The fourth-order valence-corrected chi connectivity index (χ4v) is 4.99. The first-order valence-electron chi connectivity index (χ1n) is 9.74. The molecule has 1 aromatic carbocycles. The van der Waals surface area contributed by atoms with E-state index in [1.165, 1.54) is 21.3 Å². The number of amides is 1. The van der Waals surface area contributed by atoms with Crippen molar-refractivity contribution in [3.05, 3.63) is 28.7 Å². The van der Waals surface area contributed by atoms with Crippen LogP contribution in [0.3, 0.4) is 0 Å². The molecule has 1 atom stereocenters. The van der Waals surface area contributed by atoms with E-state index in [0.717, 1.165) is 19.4 Å². The average Bonchev–Trinajstić information content (AvgIpc) is 3.24. The van der Waals surface area contributed by atoms with Crippen molar-refractivity contribution in [1.29, 1.82) is 0 Å². The third-order valence-electron chi connectivity index (χ3n) is 5.56. The Kier molecular flexibility index (Phi) is 6.16. The summed E-state index contributed by atoms with van der Waals surface area (Å²) in [6.45, 7) is 1.81. The van der Waals surface area contributed by atoms with Gasteiger partial charge in [0.25, 0.3) is 0 Å². The number of nitrogens with zero attached hydrogens (tertiary/aromatic N) is 4. The lowest BCUT2D eigenvalue weighted by Crippen LogP contribution is -2.43. The van der Waals surface area contributed by atoms with Gasteiger partial charge in [-0.25, -0.2) is 17.9 Å². The van der Waals surface area contributed by atoms with E-state index in [2.05, 4.69) is 9.62 Å². The van der Waals surface area contributed by atoms with Gasteiger partial charge in [0.05, 0.1) is 22.0 Å². The van der Waals surface area contributed by atoms with E-state index in [4.69, 9.17) is 0 Å². The highest BCUT2D eigenvalue weighted by molar-refractivity contribution is 7.89. The Morgan fingerprint density at radius 1 is 1.21 bits per heavy atom. The number of sulfonamides is 1. The minimum absolute atomic E-state index is 0.102. The quantitative estimate of drug-likeness (QED) is 0.637. The average molecular weight is 424 g/mol. The minimum Gasteiger partial charge on any atom is -0.347 e. The lowest BCUT2D eigenvalue weighted by atomic mass is 10.2. The zero-order valence-electron chi connectivity index (χ0n) is 17.4. The van der Waals surface area contributed by atoms with E-state index in [-0.39, 0.29) is 29.1 Å². The molecule has 1 aliphatic heterocycles. The molecule has 0 saturated carbocycles. The molecule has 29 heavy (non-hydrogen) atoms. The Balaban J connectivity index is 1.62. The van der Waals surface area contributed by atoms with E-state index >= 15 is 0 Å². The molecule has 1 fully saturated rings. The molecule has 1 amide bonds. The monoisotopic (exact) mass is 423 g/mol. The standard InChI is InChI=1S/C19H29N5O4S/c1-21(2)18(25)16-7-5-11-24(16)12-6-10-20-29(27,28)14-8-9-15-17(13-14)23(4)19(26)22(15)3/h8-9,13,16,20H,5-7,10-12H2,1-4H3. The lowest BCUT2D eigenvalue weighted by molar-refractivity contribution is -0.133. The van der Waals surface area contributed by atoms with Crippen LogP contribution in [0.25, 0.3) is 11.0 Å². The number of likely N-dealkylation sites (tertiary alicyclic amines) is 1. The van der Waals surface area contributed by atoms with Crippen molar-refractivity contribution in [2.24, 2.45) is 14.1 Å². The van der Waals surface area contributed by atoms with Gasteiger partial charge in [-0.3, -0.25) is 18.8 Å². The van der Waals surface area contributed by atoms with Crippen molar-refractivity contribution in [1.82, 2.24) is 23.7 Å². The number of likely N-dealkylation sites (N-methyl/N-ethyl adjacent to an activating group) is 1. The summed E-state index contributed by atoms with van der Waals surface area (Å²) in [7, 11) is 3.11. The number of benzene rings is 1. The first kappa shape index (κ1) is 21.5. The molecule has 9 nitrogen and oxygen atoms in total. The molecule has 2 aromatic rings. The van der Waals surface area contributed by atoms with Gasteiger partial charge in [0.2, 0.25) is 15.9 Å². The normalized spacial score (nSPS) is 17.9. The first-order valence-corrected chi connectivity index (χ1v) is 11.2. The van der Waals surface area contributed by atoms with Crippen LogP contribution in [-0.4, -0.2) is 73.0 Å². The number of carbonyl (C=O) groups excluding carboxylic acids is 1. The maximum absolute atomic E-state index is 12.7. The predicted molar refractivity (Wildman–Crippen MR) is 111 cm³/mol. The lowest BCUT2D eigenvalue weighted by Gasteiger charge is -2.26. The van der Waals surface area contributed by atoms with Crippen molar-refractivity contribution in [2.75, 3.05) is 33.7 Å². The Morgan fingerprint density at radius 3 is 2.59 bits per heavy atom. The molecule has 3 rings (SSSR count). The zero-order valence-corrected chi connectivity index (χ0v) is 18.2. The SMILES string of the molecule is CN(C)C(=O)C1CCCN1CCCNS(=O)(=O)c1ccc2c(c1)n(C)c(=O)n2C. The number of rotatable bonds is 7. The second-order valence-corrected chi connectivity index (χ2v) is 9.50. The molecule has 1 unspecified atom stereocenters. The highest BCUT2D eigenvalue weighted by Gasteiger charge is 2.31. The van der Waals surface area contributed by atoms with Crippen LogP contribution in [0.15, 0.2) is 27.9 Å². The number of imidazole rings is 1. The van der Waals surface area contributed by atoms with Gasteiger partial charge < -0.3 is 4.90 Å². The van der Waals surface area contributed by atoms with Crippen LogP contribution in [0.5, 0.6) is 0 Å². The van der Waals surface area contributed by atoms with E-state index < -0.39 is 10.0 Å². The summed E-state index contributed by atoms with van der Waals surface area (Å²) in [5.41, 5.74) is 1.06. The van der Waals surface area contributed by atoms with Gasteiger partial charge in [0.1, 0.15) is 0 Å². The summed E-state index contributed by atoms with van der Waals surface area (Å²) in [5.74, 6) is 0.102. The first-order chi connectivity index (χ1) is 13.6. The minimum atomic E-state index is -3.68. The zero-order chi connectivity index (χ0) is 21.3. The fraction of sp³-hybridized carbons (Fsp3) is 0.579. The molecule has 10 heteroatoms. The van der Waals surface area contributed by atoms with Gasteiger partial charge in [-0.1, -0.05) is 0 Å². The van der Waals surface area contributed by atoms with Gasteiger partial charge in [-0.05, 0) is 44.0 Å². The smallest absolute Gasteiger partial charge is 0.328 e. The van der Waals surface area contributed by atoms with E-state index in [9.17, 15) is 18.0 Å². The van der Waals surface area contributed by atoms with Crippen LogP contribution in [0, 0.1) is 0 Å². The summed E-state index contributed by atoms with van der Waals surface area (Å²) in [6, 6.07) is 4.57. The molecule has 0 radical (unpaired) electrons. The Morgan fingerprint density at radius 2 is 1.90 bits per heavy atom. The number of hydrogen-bond acceptors (Lipinski definition) is 5. The van der Waals surface area contributed by atoms with E-state index in [1.54, 1.807) is 39.2 Å². The molecule has 1 saturated heterocycles. The predicted octanol–water partition coefficient (Wildman–Crippen LogP) is 0.0980. The molecule has 1 aromatic heterocycles. The summed E-state index contributed by atoms with van der Waals surface area (Å²) in [5, 5.41) is 0. The molecular formula is C19H29N5O4S. The van der Waals surface area contributed by atoms with Crippen LogP contribution < -0.4 is 10.4 Å². The fourth-order valence-electron chi connectivity index (χ4n) is 3.90.